The van der Waals surface area contributed by atoms with Crippen LogP contribution in [0.15, 0.2) is 30.3 Å². The molecule has 5 aliphatic rings. The van der Waals surface area contributed by atoms with Gasteiger partial charge in [0.2, 0.25) is 5.91 Å². The minimum absolute atomic E-state index is 0.121. The summed E-state index contributed by atoms with van der Waals surface area (Å²) in [5, 5.41) is 7.03. The van der Waals surface area contributed by atoms with Crippen LogP contribution in [0.3, 0.4) is 0 Å². The third-order valence-corrected chi connectivity index (χ3v) is 7.53. The minimum atomic E-state index is 0.121. The van der Waals surface area contributed by atoms with Crippen LogP contribution in [-0.2, 0) is 4.79 Å². The molecule has 1 aromatic rings. The van der Waals surface area contributed by atoms with Gasteiger partial charge in [0.1, 0.15) is 0 Å². The number of carbonyl (C=O) groups is 1. The van der Waals surface area contributed by atoms with E-state index in [1.165, 1.54) is 37.7 Å². The van der Waals surface area contributed by atoms with Gasteiger partial charge >= 0.3 is 0 Å². The number of amides is 1. The van der Waals surface area contributed by atoms with Crippen LogP contribution < -0.4 is 10.6 Å². The van der Waals surface area contributed by atoms with E-state index >= 15 is 0 Å². The Hall–Kier alpha value is -1.35. The van der Waals surface area contributed by atoms with Crippen LogP contribution in [0.4, 0.5) is 0 Å². The summed E-state index contributed by atoms with van der Waals surface area (Å²) in [4.78, 5) is 13.0. The molecule has 0 unspecified atom stereocenters. The lowest BCUT2D eigenvalue weighted by Gasteiger charge is -2.54. The zero-order chi connectivity index (χ0) is 16.8. The summed E-state index contributed by atoms with van der Waals surface area (Å²) in [6.07, 6.45) is 7.93. The monoisotopic (exact) mass is 338 g/mol. The second-order valence-electron chi connectivity index (χ2n) is 9.16. The van der Waals surface area contributed by atoms with Crippen molar-refractivity contribution in [1.82, 2.24) is 10.6 Å². The van der Waals surface area contributed by atoms with E-state index in [0.717, 1.165) is 43.2 Å². The van der Waals surface area contributed by atoms with Crippen molar-refractivity contribution >= 4 is 5.91 Å². The highest BCUT2D eigenvalue weighted by Gasteiger charge is 2.49. The molecule has 0 radical (unpaired) electrons. The first kappa shape index (κ1) is 15.9. The van der Waals surface area contributed by atoms with Gasteiger partial charge in [0.25, 0.3) is 0 Å². The van der Waals surface area contributed by atoms with Crippen molar-refractivity contribution in [2.24, 2.45) is 29.6 Å². The molecule has 4 bridgehead atoms. The zero-order valence-electron chi connectivity index (χ0n) is 15.0. The number of nitrogens with one attached hydrogen (secondary N) is 2. The van der Waals surface area contributed by atoms with Gasteiger partial charge in [0, 0.05) is 19.1 Å². The first-order valence-electron chi connectivity index (χ1n) is 10.3. The van der Waals surface area contributed by atoms with E-state index < -0.39 is 0 Å². The molecule has 1 heterocycles. The van der Waals surface area contributed by atoms with Crippen LogP contribution in [0.5, 0.6) is 0 Å². The van der Waals surface area contributed by atoms with Gasteiger partial charge in [0.05, 0.1) is 5.92 Å². The third kappa shape index (κ3) is 3.01. The second-order valence-corrected chi connectivity index (χ2v) is 9.16. The largest absolute Gasteiger partial charge is 0.353 e. The highest BCUT2D eigenvalue weighted by Crippen LogP contribution is 2.53. The SMILES string of the molecule is O=C(NC1C2CC3CC(C2)CC1C3)[C@H]1CNC[C@H](c2ccccc2)C1. The Morgan fingerprint density at radius 3 is 2.24 bits per heavy atom. The molecule has 1 amide bonds. The van der Waals surface area contributed by atoms with Crippen molar-refractivity contribution in [1.29, 1.82) is 0 Å². The predicted octanol–water partition coefficient (Wildman–Crippen LogP) is 3.32. The first-order valence-corrected chi connectivity index (χ1v) is 10.3. The maximum atomic E-state index is 13.0. The van der Waals surface area contributed by atoms with E-state index in [2.05, 4.69) is 41.0 Å². The fourth-order valence-electron chi connectivity index (χ4n) is 6.56. The van der Waals surface area contributed by atoms with Gasteiger partial charge in [-0.05, 0) is 73.7 Å². The lowest BCUT2D eigenvalue weighted by molar-refractivity contribution is -0.129. The first-order chi connectivity index (χ1) is 12.3. The van der Waals surface area contributed by atoms with Crippen molar-refractivity contribution in [3.8, 4) is 0 Å². The average molecular weight is 338 g/mol. The maximum absolute atomic E-state index is 13.0. The van der Waals surface area contributed by atoms with Crippen molar-refractivity contribution in [3.05, 3.63) is 35.9 Å². The Labute approximate surface area is 151 Å². The van der Waals surface area contributed by atoms with Crippen LogP contribution in [0.1, 0.15) is 50.0 Å². The number of piperidine rings is 1. The molecule has 1 aliphatic heterocycles. The predicted molar refractivity (Wildman–Crippen MR) is 99.1 cm³/mol. The number of carbonyl (C=O) groups excluding carboxylic acids is 1. The van der Waals surface area contributed by atoms with Crippen LogP contribution in [-0.4, -0.2) is 25.0 Å². The van der Waals surface area contributed by atoms with Gasteiger partial charge in [-0.2, -0.15) is 0 Å². The molecule has 1 saturated heterocycles. The van der Waals surface area contributed by atoms with Gasteiger partial charge in [0.15, 0.2) is 0 Å². The molecule has 0 aromatic heterocycles. The van der Waals surface area contributed by atoms with Gasteiger partial charge in [-0.3, -0.25) is 4.79 Å². The molecular weight excluding hydrogens is 308 g/mol. The van der Waals surface area contributed by atoms with E-state index in [4.69, 9.17) is 0 Å². The summed E-state index contributed by atoms with van der Waals surface area (Å²) in [6, 6.07) is 11.1. The molecule has 4 aliphatic carbocycles. The van der Waals surface area contributed by atoms with Crippen LogP contribution >= 0.6 is 0 Å². The molecule has 0 spiro atoms. The van der Waals surface area contributed by atoms with Crippen LogP contribution in [0.2, 0.25) is 0 Å². The van der Waals surface area contributed by atoms with Crippen LogP contribution in [0, 0.1) is 29.6 Å². The highest BCUT2D eigenvalue weighted by atomic mass is 16.2. The fourth-order valence-corrected chi connectivity index (χ4v) is 6.56. The van der Waals surface area contributed by atoms with Gasteiger partial charge in [-0.1, -0.05) is 30.3 Å². The molecule has 1 aromatic carbocycles. The van der Waals surface area contributed by atoms with Crippen molar-refractivity contribution in [2.75, 3.05) is 13.1 Å². The Balaban J connectivity index is 1.24. The van der Waals surface area contributed by atoms with E-state index in [9.17, 15) is 4.79 Å². The molecule has 5 fully saturated rings. The van der Waals surface area contributed by atoms with E-state index in [-0.39, 0.29) is 5.92 Å². The van der Waals surface area contributed by atoms with Crippen molar-refractivity contribution in [2.45, 2.75) is 50.5 Å². The molecular formula is C22H30N2O. The number of rotatable bonds is 3. The summed E-state index contributed by atoms with van der Waals surface area (Å²) < 4.78 is 0. The molecule has 134 valence electrons. The normalized spacial score (nSPS) is 42.3. The molecule has 4 saturated carbocycles. The summed E-state index contributed by atoms with van der Waals surface area (Å²) in [7, 11) is 0. The summed E-state index contributed by atoms with van der Waals surface area (Å²) >= 11 is 0. The Morgan fingerprint density at radius 1 is 0.880 bits per heavy atom. The van der Waals surface area contributed by atoms with E-state index in [1.54, 1.807) is 0 Å². The van der Waals surface area contributed by atoms with Gasteiger partial charge < -0.3 is 10.6 Å². The number of hydrogen-bond acceptors (Lipinski definition) is 2. The lowest BCUT2D eigenvalue weighted by atomic mass is 9.54. The Kier molecular flexibility index (Phi) is 4.08. The smallest absolute Gasteiger partial charge is 0.224 e. The fraction of sp³-hybridized carbons (Fsp3) is 0.682. The topological polar surface area (TPSA) is 41.1 Å². The van der Waals surface area contributed by atoms with Gasteiger partial charge in [-0.15, -0.1) is 0 Å². The molecule has 2 atom stereocenters. The van der Waals surface area contributed by atoms with Crippen molar-refractivity contribution in [3.63, 3.8) is 0 Å². The molecule has 3 heteroatoms. The zero-order valence-corrected chi connectivity index (χ0v) is 15.0. The number of hydrogen-bond donors (Lipinski definition) is 2. The molecule has 2 N–H and O–H groups in total. The highest BCUT2D eigenvalue weighted by molar-refractivity contribution is 5.79. The lowest BCUT2D eigenvalue weighted by Crippen LogP contribution is -2.57. The second kappa shape index (κ2) is 6.42. The Morgan fingerprint density at radius 2 is 1.56 bits per heavy atom. The summed E-state index contributed by atoms with van der Waals surface area (Å²) in [5.41, 5.74) is 1.36. The minimum Gasteiger partial charge on any atom is -0.353 e. The Bertz CT molecular complexity index is 600. The molecule has 6 rings (SSSR count). The van der Waals surface area contributed by atoms with Crippen LogP contribution in [0.25, 0.3) is 0 Å². The maximum Gasteiger partial charge on any atom is 0.224 e. The number of benzene rings is 1. The summed E-state index contributed by atoms with van der Waals surface area (Å²) in [5.74, 6) is 4.36. The van der Waals surface area contributed by atoms with Crippen molar-refractivity contribution < 1.29 is 4.79 Å². The molecule has 25 heavy (non-hydrogen) atoms. The quantitative estimate of drug-likeness (QED) is 0.888. The third-order valence-electron chi connectivity index (χ3n) is 7.53. The molecule has 3 nitrogen and oxygen atoms in total. The van der Waals surface area contributed by atoms with Gasteiger partial charge in [-0.25, -0.2) is 0 Å². The standard InChI is InChI=1S/C22H30N2O/c25-22(20-11-19(12-23-13-20)16-4-2-1-3-5-16)24-21-17-7-14-6-15(9-17)10-18(21)8-14/h1-5,14-15,17-21,23H,6-13H2,(H,24,25)/t14?,15?,17?,18?,19-,20-,21?/m1/s1. The average Bonchev–Trinajstić information content (AvgIpc) is 2.65. The summed E-state index contributed by atoms with van der Waals surface area (Å²) in [6.45, 7) is 1.83. The van der Waals surface area contributed by atoms with E-state index in [1.807, 2.05) is 0 Å². The van der Waals surface area contributed by atoms with E-state index in [0.29, 0.717) is 17.9 Å².